The molecule has 1 atom stereocenters. The predicted molar refractivity (Wildman–Crippen MR) is 87.8 cm³/mol. The Labute approximate surface area is 127 Å². The second kappa shape index (κ2) is 7.34. The van der Waals surface area contributed by atoms with E-state index in [1.165, 1.54) is 16.7 Å². The minimum absolute atomic E-state index is 0.0618. The molecule has 0 radical (unpaired) electrons. The summed E-state index contributed by atoms with van der Waals surface area (Å²) in [6, 6.07) is 12.7. The fourth-order valence-electron chi connectivity index (χ4n) is 2.71. The van der Waals surface area contributed by atoms with Gasteiger partial charge in [-0.1, -0.05) is 51.1 Å². The molecule has 0 bridgehead atoms. The van der Waals surface area contributed by atoms with Gasteiger partial charge >= 0.3 is 0 Å². The molecule has 1 aromatic carbocycles. The lowest BCUT2D eigenvalue weighted by atomic mass is 9.95. The van der Waals surface area contributed by atoms with E-state index >= 15 is 0 Å². The number of pyridine rings is 1. The third kappa shape index (κ3) is 3.90. The van der Waals surface area contributed by atoms with Crippen LogP contribution in [0, 0.1) is 5.92 Å². The molecule has 3 heteroatoms. The number of hydrogen-bond donors (Lipinski definition) is 2. The Kier molecular flexibility index (Phi) is 5.48. The monoisotopic (exact) mass is 283 g/mol. The lowest BCUT2D eigenvalue weighted by Crippen LogP contribution is -2.30. The molecule has 3 nitrogen and oxygen atoms in total. The molecule has 1 heterocycles. The van der Waals surface area contributed by atoms with Crippen molar-refractivity contribution in [3.63, 3.8) is 0 Å². The van der Waals surface area contributed by atoms with E-state index in [0.717, 1.165) is 18.5 Å². The molecule has 0 aliphatic rings. The Hall–Kier alpha value is -1.71. The number of nitrogens with zero attached hydrogens (tertiary/aromatic N) is 1. The molecule has 0 aliphatic heterocycles. The molecule has 1 unspecified atom stereocenters. The summed E-state index contributed by atoms with van der Waals surface area (Å²) in [4.78, 5) is 4.55. The zero-order valence-corrected chi connectivity index (χ0v) is 13.1. The Morgan fingerprint density at radius 2 is 2.00 bits per heavy atom. The maximum Gasteiger partial charge on any atom is 0.0884 e. The van der Waals surface area contributed by atoms with Crippen molar-refractivity contribution in [3.8, 4) is 0 Å². The maximum atomic E-state index is 5.82. The molecule has 0 amide bonds. The SMILES string of the molecule is CCc1cccnc1C(NN)c1cccc(CC(C)C)c1. The van der Waals surface area contributed by atoms with Gasteiger partial charge in [0, 0.05) is 6.20 Å². The van der Waals surface area contributed by atoms with E-state index in [0.29, 0.717) is 5.92 Å². The van der Waals surface area contributed by atoms with Crippen molar-refractivity contribution >= 4 is 0 Å². The first-order chi connectivity index (χ1) is 10.2. The molecule has 21 heavy (non-hydrogen) atoms. The van der Waals surface area contributed by atoms with Crippen LogP contribution in [0.4, 0.5) is 0 Å². The van der Waals surface area contributed by atoms with Crippen LogP contribution in [-0.4, -0.2) is 4.98 Å². The smallest absolute Gasteiger partial charge is 0.0884 e. The average molecular weight is 283 g/mol. The summed E-state index contributed by atoms with van der Waals surface area (Å²) in [5.41, 5.74) is 7.69. The minimum atomic E-state index is -0.0618. The standard InChI is InChI=1S/C18H25N3/c1-4-15-9-6-10-20-17(15)18(21-19)16-8-5-7-14(12-16)11-13(2)3/h5-10,12-13,18,21H,4,11,19H2,1-3H3. The summed E-state index contributed by atoms with van der Waals surface area (Å²) < 4.78 is 0. The number of hydrogen-bond acceptors (Lipinski definition) is 3. The highest BCUT2D eigenvalue weighted by molar-refractivity contribution is 5.35. The van der Waals surface area contributed by atoms with Gasteiger partial charge in [-0.3, -0.25) is 10.8 Å². The molecular formula is C18H25N3. The topological polar surface area (TPSA) is 50.9 Å². The van der Waals surface area contributed by atoms with E-state index < -0.39 is 0 Å². The highest BCUT2D eigenvalue weighted by Crippen LogP contribution is 2.24. The number of aromatic nitrogens is 1. The fourth-order valence-corrected chi connectivity index (χ4v) is 2.71. The van der Waals surface area contributed by atoms with Crippen molar-refractivity contribution in [2.24, 2.45) is 11.8 Å². The summed E-state index contributed by atoms with van der Waals surface area (Å²) in [7, 11) is 0. The second-order valence-corrected chi connectivity index (χ2v) is 5.84. The van der Waals surface area contributed by atoms with Crippen molar-refractivity contribution in [3.05, 3.63) is 65.0 Å². The maximum absolute atomic E-state index is 5.82. The van der Waals surface area contributed by atoms with Crippen molar-refractivity contribution < 1.29 is 0 Å². The van der Waals surface area contributed by atoms with Crippen LogP contribution in [0.25, 0.3) is 0 Å². The summed E-state index contributed by atoms with van der Waals surface area (Å²) in [6.45, 7) is 6.61. The first-order valence-electron chi connectivity index (χ1n) is 7.64. The summed E-state index contributed by atoms with van der Waals surface area (Å²) >= 11 is 0. The molecule has 0 saturated heterocycles. The molecular weight excluding hydrogens is 258 g/mol. The predicted octanol–water partition coefficient (Wildman–Crippen LogP) is 3.40. The van der Waals surface area contributed by atoms with Crippen LogP contribution in [0.3, 0.4) is 0 Å². The van der Waals surface area contributed by atoms with E-state index in [1.807, 2.05) is 12.3 Å². The van der Waals surface area contributed by atoms with Crippen LogP contribution in [0.5, 0.6) is 0 Å². The van der Waals surface area contributed by atoms with Crippen molar-refractivity contribution in [1.82, 2.24) is 10.4 Å². The van der Waals surface area contributed by atoms with E-state index in [9.17, 15) is 0 Å². The third-order valence-electron chi connectivity index (χ3n) is 3.68. The molecule has 0 spiro atoms. The van der Waals surface area contributed by atoms with Crippen LogP contribution in [0.1, 0.15) is 49.2 Å². The van der Waals surface area contributed by atoms with E-state index in [2.05, 4.69) is 61.5 Å². The Balaban J connectivity index is 2.37. The third-order valence-corrected chi connectivity index (χ3v) is 3.68. The first kappa shape index (κ1) is 15.7. The highest BCUT2D eigenvalue weighted by Gasteiger charge is 2.17. The summed E-state index contributed by atoms with van der Waals surface area (Å²) in [6.07, 6.45) is 3.86. The number of nitrogens with two attached hydrogens (primary N) is 1. The van der Waals surface area contributed by atoms with Gasteiger partial charge in [-0.25, -0.2) is 5.43 Å². The molecule has 0 fully saturated rings. The van der Waals surface area contributed by atoms with Gasteiger partial charge < -0.3 is 0 Å². The Bertz CT molecular complexity index is 578. The van der Waals surface area contributed by atoms with E-state index in [1.54, 1.807) is 0 Å². The summed E-state index contributed by atoms with van der Waals surface area (Å²) in [5, 5.41) is 0. The zero-order valence-electron chi connectivity index (χ0n) is 13.1. The van der Waals surface area contributed by atoms with Crippen LogP contribution in [0.15, 0.2) is 42.6 Å². The number of rotatable bonds is 6. The largest absolute Gasteiger partial charge is 0.271 e. The van der Waals surface area contributed by atoms with Crippen LogP contribution >= 0.6 is 0 Å². The van der Waals surface area contributed by atoms with Crippen molar-refractivity contribution in [2.45, 2.75) is 39.7 Å². The van der Waals surface area contributed by atoms with Gasteiger partial charge in [-0.05, 0) is 41.5 Å². The van der Waals surface area contributed by atoms with E-state index in [4.69, 9.17) is 5.84 Å². The Morgan fingerprint density at radius 3 is 2.67 bits per heavy atom. The molecule has 1 aromatic heterocycles. The molecule has 2 rings (SSSR count). The van der Waals surface area contributed by atoms with Gasteiger partial charge in [0.1, 0.15) is 0 Å². The zero-order chi connectivity index (χ0) is 15.2. The van der Waals surface area contributed by atoms with E-state index in [-0.39, 0.29) is 6.04 Å². The average Bonchev–Trinajstić information content (AvgIpc) is 2.48. The van der Waals surface area contributed by atoms with Gasteiger partial charge in [0.05, 0.1) is 11.7 Å². The van der Waals surface area contributed by atoms with Crippen LogP contribution < -0.4 is 11.3 Å². The van der Waals surface area contributed by atoms with Gasteiger partial charge in [0.15, 0.2) is 0 Å². The minimum Gasteiger partial charge on any atom is -0.271 e. The number of aryl methyl sites for hydroxylation is 1. The van der Waals surface area contributed by atoms with Gasteiger partial charge in [0.25, 0.3) is 0 Å². The van der Waals surface area contributed by atoms with Crippen LogP contribution in [0.2, 0.25) is 0 Å². The van der Waals surface area contributed by atoms with Crippen molar-refractivity contribution in [2.75, 3.05) is 0 Å². The van der Waals surface area contributed by atoms with Crippen molar-refractivity contribution in [1.29, 1.82) is 0 Å². The van der Waals surface area contributed by atoms with Gasteiger partial charge in [-0.15, -0.1) is 0 Å². The van der Waals surface area contributed by atoms with Crippen LogP contribution in [-0.2, 0) is 12.8 Å². The second-order valence-electron chi connectivity index (χ2n) is 5.84. The number of benzene rings is 1. The molecule has 0 saturated carbocycles. The number of hydrazine groups is 1. The fraction of sp³-hybridized carbons (Fsp3) is 0.389. The lowest BCUT2D eigenvalue weighted by Gasteiger charge is -2.19. The molecule has 112 valence electrons. The normalized spacial score (nSPS) is 12.6. The Morgan fingerprint density at radius 1 is 1.19 bits per heavy atom. The lowest BCUT2D eigenvalue weighted by molar-refractivity contribution is 0.610. The first-order valence-corrected chi connectivity index (χ1v) is 7.64. The molecule has 2 aromatic rings. The summed E-state index contributed by atoms with van der Waals surface area (Å²) in [5.74, 6) is 6.47. The van der Waals surface area contributed by atoms with Gasteiger partial charge in [0.2, 0.25) is 0 Å². The highest BCUT2D eigenvalue weighted by atomic mass is 15.2. The molecule has 0 aliphatic carbocycles. The quantitative estimate of drug-likeness (QED) is 0.631. The number of nitrogens with one attached hydrogen (secondary N) is 1. The van der Waals surface area contributed by atoms with Gasteiger partial charge in [-0.2, -0.15) is 0 Å². The molecule has 3 N–H and O–H groups in total.